The van der Waals surface area contributed by atoms with E-state index in [2.05, 4.69) is 30.0 Å². The van der Waals surface area contributed by atoms with Crippen LogP contribution in [0.2, 0.25) is 0 Å². The van der Waals surface area contributed by atoms with Gasteiger partial charge in [0.15, 0.2) is 11.7 Å². The molecule has 1 N–H and O–H groups in total. The molecule has 0 aromatic carbocycles. The van der Waals surface area contributed by atoms with Crippen LogP contribution in [-0.4, -0.2) is 90.3 Å². The fourth-order valence-corrected chi connectivity index (χ4v) is 4.27. The molecule has 1 saturated heterocycles. The van der Waals surface area contributed by atoms with Crippen molar-refractivity contribution in [1.82, 2.24) is 39.5 Å². The molecule has 0 radical (unpaired) electrons. The number of aromatic nitrogens is 6. The van der Waals surface area contributed by atoms with Crippen molar-refractivity contribution in [3.8, 4) is 17.8 Å². The molecule has 0 unspecified atom stereocenters. The zero-order chi connectivity index (χ0) is 25.9. The Labute approximate surface area is 211 Å². The number of H-pyrrole nitrogens is 1. The Hall–Kier alpha value is -5.12. The molecule has 0 bridgehead atoms. The Morgan fingerprint density at radius 3 is 2.57 bits per heavy atom. The van der Waals surface area contributed by atoms with Gasteiger partial charge in [-0.05, 0) is 19.1 Å². The van der Waals surface area contributed by atoms with E-state index in [1.165, 1.54) is 35.4 Å². The number of amidine groups is 1. The number of nitrogens with zero attached hydrogens (tertiary/aromatic N) is 9. The number of hydrogen-bond acceptors (Lipinski definition) is 9. The number of rotatable bonds is 5. The summed E-state index contributed by atoms with van der Waals surface area (Å²) >= 11 is 0. The van der Waals surface area contributed by atoms with E-state index in [1.807, 2.05) is 17.2 Å². The lowest BCUT2D eigenvalue weighted by Crippen LogP contribution is -2.52. The van der Waals surface area contributed by atoms with E-state index in [1.54, 1.807) is 25.3 Å². The Bertz CT molecular complexity index is 1540. The number of hydrogen-bond donors (Lipinski definition) is 1. The van der Waals surface area contributed by atoms with Crippen molar-refractivity contribution in [2.24, 2.45) is 4.99 Å². The number of amides is 1. The van der Waals surface area contributed by atoms with Gasteiger partial charge in [-0.1, -0.05) is 6.07 Å². The van der Waals surface area contributed by atoms with Gasteiger partial charge < -0.3 is 19.5 Å². The number of pyridine rings is 2. The number of nitriles is 1. The number of ketones is 1. The Morgan fingerprint density at radius 1 is 1.14 bits per heavy atom. The van der Waals surface area contributed by atoms with Crippen LogP contribution in [0.15, 0.2) is 48.1 Å². The van der Waals surface area contributed by atoms with Crippen LogP contribution in [0.5, 0.6) is 5.75 Å². The maximum absolute atomic E-state index is 13.4. The number of aromatic amines is 1. The number of carbonyl (C=O) groups is 2. The number of aliphatic imine (C=N–C) groups is 1. The van der Waals surface area contributed by atoms with Crippen molar-refractivity contribution in [3.63, 3.8) is 0 Å². The summed E-state index contributed by atoms with van der Waals surface area (Å²) in [5, 5.41) is 13.9. The third-order valence-electron chi connectivity index (χ3n) is 6.05. The molecule has 0 saturated carbocycles. The first-order valence-electron chi connectivity index (χ1n) is 11.4. The summed E-state index contributed by atoms with van der Waals surface area (Å²) in [5.41, 5.74) is 1.25. The highest BCUT2D eigenvalue weighted by Crippen LogP contribution is 2.31. The molecular weight excluding hydrogens is 476 g/mol. The second-order valence-electron chi connectivity index (χ2n) is 8.20. The monoisotopic (exact) mass is 498 g/mol. The molecule has 1 aliphatic rings. The van der Waals surface area contributed by atoms with Gasteiger partial charge in [-0.2, -0.15) is 15.4 Å². The Morgan fingerprint density at radius 2 is 1.92 bits per heavy atom. The van der Waals surface area contributed by atoms with Gasteiger partial charge in [0.05, 0.1) is 29.8 Å². The highest BCUT2D eigenvalue weighted by molar-refractivity contribution is 6.45. The van der Waals surface area contributed by atoms with Crippen molar-refractivity contribution in [2.75, 3.05) is 33.3 Å². The second kappa shape index (κ2) is 9.86. The van der Waals surface area contributed by atoms with Crippen LogP contribution < -0.4 is 4.74 Å². The number of nitrogens with one attached hydrogen (secondary N) is 1. The van der Waals surface area contributed by atoms with E-state index in [0.29, 0.717) is 52.9 Å². The van der Waals surface area contributed by atoms with Crippen LogP contribution in [0.1, 0.15) is 21.9 Å². The average Bonchev–Trinajstić information content (AvgIpc) is 3.58. The number of Topliss-reactive ketones (excluding diaryl/α,β-unsaturated/α-hetero) is 1. The molecule has 1 aliphatic heterocycles. The number of carbonyl (C=O) groups excluding carboxylic acids is 2. The molecule has 0 spiro atoms. The van der Waals surface area contributed by atoms with Gasteiger partial charge in [0.2, 0.25) is 6.19 Å². The van der Waals surface area contributed by atoms with Crippen LogP contribution in [0.25, 0.3) is 16.7 Å². The first-order chi connectivity index (χ1) is 18.0. The van der Waals surface area contributed by atoms with Crippen LogP contribution in [0.4, 0.5) is 0 Å². The van der Waals surface area contributed by atoms with Gasteiger partial charge in [-0.15, -0.1) is 0 Å². The second-order valence-corrected chi connectivity index (χ2v) is 8.20. The van der Waals surface area contributed by atoms with E-state index in [-0.39, 0.29) is 18.7 Å². The van der Waals surface area contributed by atoms with E-state index in [0.717, 1.165) is 0 Å². The lowest BCUT2D eigenvalue weighted by Gasteiger charge is -2.35. The van der Waals surface area contributed by atoms with Gasteiger partial charge in [-0.3, -0.25) is 14.6 Å². The third-order valence-corrected chi connectivity index (χ3v) is 6.05. The van der Waals surface area contributed by atoms with Crippen molar-refractivity contribution >= 4 is 28.4 Å². The summed E-state index contributed by atoms with van der Waals surface area (Å²) < 4.78 is 6.94. The van der Waals surface area contributed by atoms with Crippen molar-refractivity contribution in [3.05, 3.63) is 60.2 Å². The van der Waals surface area contributed by atoms with Gasteiger partial charge in [0.25, 0.3) is 11.7 Å². The van der Waals surface area contributed by atoms with Crippen molar-refractivity contribution < 1.29 is 14.3 Å². The zero-order valence-corrected chi connectivity index (χ0v) is 20.1. The fraction of sp³-hybridized carbons (Fsp3) is 0.250. The van der Waals surface area contributed by atoms with Crippen molar-refractivity contribution in [1.29, 1.82) is 5.26 Å². The summed E-state index contributed by atoms with van der Waals surface area (Å²) in [5.74, 6) is 0.482. The summed E-state index contributed by atoms with van der Waals surface area (Å²) in [7, 11) is 1.47. The molecule has 13 heteroatoms. The number of piperazine rings is 1. The molecule has 0 atom stereocenters. The van der Waals surface area contributed by atoms with E-state index in [4.69, 9.17) is 10.00 Å². The highest BCUT2D eigenvalue weighted by atomic mass is 16.5. The number of aryl methyl sites for hydroxylation is 1. The first kappa shape index (κ1) is 23.6. The average molecular weight is 499 g/mol. The van der Waals surface area contributed by atoms with Crippen molar-refractivity contribution in [2.45, 2.75) is 6.92 Å². The smallest absolute Gasteiger partial charge is 0.295 e. The van der Waals surface area contributed by atoms with Gasteiger partial charge >= 0.3 is 0 Å². The molecule has 186 valence electrons. The Balaban J connectivity index is 1.38. The topological polar surface area (TPSA) is 158 Å². The molecule has 5 heterocycles. The van der Waals surface area contributed by atoms with Gasteiger partial charge in [0.1, 0.15) is 23.6 Å². The molecular formula is C24H22N10O3. The van der Waals surface area contributed by atoms with Crippen LogP contribution in [-0.2, 0) is 4.79 Å². The number of methoxy groups -OCH3 is 1. The highest BCUT2D eigenvalue weighted by Gasteiger charge is 2.31. The largest absolute Gasteiger partial charge is 0.494 e. The fourth-order valence-electron chi connectivity index (χ4n) is 4.27. The lowest BCUT2D eigenvalue weighted by atomic mass is 10.1. The maximum atomic E-state index is 13.4. The molecule has 4 aromatic rings. The van der Waals surface area contributed by atoms with Gasteiger partial charge in [0, 0.05) is 38.6 Å². The SMILES string of the molecule is COc1cnc(-n2cnc(C)n2)c2[nH]cc(C(=O)C(=O)N3CCN(/C(=N/C#N)c4ccccn4)CC3)c12. The quantitative estimate of drug-likeness (QED) is 0.140. The minimum Gasteiger partial charge on any atom is -0.494 e. The molecule has 1 fully saturated rings. The van der Waals surface area contributed by atoms with E-state index >= 15 is 0 Å². The van der Waals surface area contributed by atoms with E-state index in [9.17, 15) is 9.59 Å². The van der Waals surface area contributed by atoms with Crippen LogP contribution >= 0.6 is 0 Å². The summed E-state index contributed by atoms with van der Waals surface area (Å²) in [6.07, 6.45) is 7.93. The zero-order valence-electron chi connectivity index (χ0n) is 20.1. The van der Waals surface area contributed by atoms with E-state index < -0.39 is 11.7 Å². The van der Waals surface area contributed by atoms with Crippen LogP contribution in [0, 0.1) is 18.4 Å². The van der Waals surface area contributed by atoms with Crippen LogP contribution in [0.3, 0.4) is 0 Å². The first-order valence-corrected chi connectivity index (χ1v) is 11.4. The Kier molecular flexibility index (Phi) is 6.29. The molecule has 13 nitrogen and oxygen atoms in total. The lowest BCUT2D eigenvalue weighted by molar-refractivity contribution is -0.127. The summed E-state index contributed by atoms with van der Waals surface area (Å²) in [6, 6.07) is 5.36. The molecule has 37 heavy (non-hydrogen) atoms. The molecule has 5 rings (SSSR count). The third kappa shape index (κ3) is 4.36. The predicted molar refractivity (Wildman–Crippen MR) is 131 cm³/mol. The summed E-state index contributed by atoms with van der Waals surface area (Å²) in [4.78, 5) is 49.7. The number of fused-ring (bicyclic) bond motifs is 1. The van der Waals surface area contributed by atoms with Gasteiger partial charge in [-0.25, -0.2) is 14.6 Å². The predicted octanol–water partition coefficient (Wildman–Crippen LogP) is 1.11. The summed E-state index contributed by atoms with van der Waals surface area (Å²) in [6.45, 7) is 3.11. The normalized spacial score (nSPS) is 14.0. The molecule has 1 amide bonds. The maximum Gasteiger partial charge on any atom is 0.295 e. The standard InChI is InChI=1S/C24H22N10O3/c1-15-30-14-34(31-15)23-20-19(18(37-2)12-28-23)16(11-27-20)21(35)24(36)33-9-7-32(8-10-33)22(29-13-25)17-5-3-4-6-26-17/h3-6,11-12,14,27H,7-10H2,1-2H3/b29-22+. The minimum atomic E-state index is -0.666. The minimum absolute atomic E-state index is 0.181. The molecule has 0 aliphatic carbocycles. The molecule has 4 aromatic heterocycles. The number of ether oxygens (including phenoxy) is 1.